The standard InChI is InChI=1S/C9H9N3OS/c10-3-9(13)12-7-5-14-8-4-11-2-1-6(7)8/h1-2,4-5H,3,10H2,(H,12,13). The maximum Gasteiger partial charge on any atom is 0.238 e. The van der Waals surface area contributed by atoms with Gasteiger partial charge >= 0.3 is 0 Å². The van der Waals surface area contributed by atoms with Gasteiger partial charge in [-0.05, 0) is 6.07 Å². The SMILES string of the molecule is NCC(=O)Nc1csc2cnccc12. The molecule has 0 spiro atoms. The molecule has 2 heterocycles. The van der Waals surface area contributed by atoms with E-state index in [0.29, 0.717) is 0 Å². The number of thiophene rings is 1. The average Bonchev–Trinajstić information content (AvgIpc) is 2.62. The molecular formula is C9H9N3OS. The van der Waals surface area contributed by atoms with Crippen LogP contribution in [0.4, 0.5) is 5.69 Å². The van der Waals surface area contributed by atoms with E-state index in [9.17, 15) is 4.79 Å². The summed E-state index contributed by atoms with van der Waals surface area (Å²) in [7, 11) is 0. The lowest BCUT2D eigenvalue weighted by molar-refractivity contribution is -0.114. The summed E-state index contributed by atoms with van der Waals surface area (Å²) in [6, 6.07) is 1.87. The van der Waals surface area contributed by atoms with E-state index < -0.39 is 0 Å². The van der Waals surface area contributed by atoms with E-state index in [1.807, 2.05) is 11.4 Å². The van der Waals surface area contributed by atoms with Crippen molar-refractivity contribution < 1.29 is 4.79 Å². The van der Waals surface area contributed by atoms with Crippen LogP contribution in [-0.4, -0.2) is 17.4 Å². The maximum absolute atomic E-state index is 11.1. The first-order valence-electron chi connectivity index (χ1n) is 4.12. The summed E-state index contributed by atoms with van der Waals surface area (Å²) >= 11 is 1.55. The minimum atomic E-state index is -0.179. The summed E-state index contributed by atoms with van der Waals surface area (Å²) in [6.07, 6.45) is 3.48. The van der Waals surface area contributed by atoms with E-state index in [0.717, 1.165) is 15.8 Å². The fraction of sp³-hybridized carbons (Fsp3) is 0.111. The number of pyridine rings is 1. The number of carbonyl (C=O) groups excluding carboxylic acids is 1. The molecule has 0 aliphatic carbocycles. The van der Waals surface area contributed by atoms with Crippen LogP contribution in [-0.2, 0) is 4.79 Å². The number of fused-ring (bicyclic) bond motifs is 1. The highest BCUT2D eigenvalue weighted by molar-refractivity contribution is 7.17. The molecule has 0 aliphatic heterocycles. The molecule has 4 nitrogen and oxygen atoms in total. The van der Waals surface area contributed by atoms with Crippen molar-refractivity contribution in [2.45, 2.75) is 0 Å². The molecule has 0 saturated heterocycles. The summed E-state index contributed by atoms with van der Waals surface area (Å²) in [5.74, 6) is -0.179. The van der Waals surface area contributed by atoms with Crippen LogP contribution in [0.5, 0.6) is 0 Å². The molecule has 0 fully saturated rings. The maximum atomic E-state index is 11.1. The third-order valence-electron chi connectivity index (χ3n) is 1.84. The predicted octanol–water partition coefficient (Wildman–Crippen LogP) is 1.19. The first-order valence-corrected chi connectivity index (χ1v) is 5.00. The quantitative estimate of drug-likeness (QED) is 0.777. The lowest BCUT2D eigenvalue weighted by Crippen LogP contribution is -2.21. The third kappa shape index (κ3) is 1.59. The molecule has 0 unspecified atom stereocenters. The van der Waals surface area contributed by atoms with E-state index in [1.165, 1.54) is 0 Å². The van der Waals surface area contributed by atoms with Crippen LogP contribution in [0.3, 0.4) is 0 Å². The molecule has 0 aromatic carbocycles. The Morgan fingerprint density at radius 2 is 2.50 bits per heavy atom. The highest BCUT2D eigenvalue weighted by Crippen LogP contribution is 2.28. The Morgan fingerprint density at radius 1 is 1.64 bits per heavy atom. The number of carbonyl (C=O) groups is 1. The smallest absolute Gasteiger partial charge is 0.238 e. The van der Waals surface area contributed by atoms with Crippen LogP contribution in [0.2, 0.25) is 0 Å². The topological polar surface area (TPSA) is 68.0 Å². The van der Waals surface area contributed by atoms with E-state index >= 15 is 0 Å². The zero-order chi connectivity index (χ0) is 9.97. The van der Waals surface area contributed by atoms with Crippen molar-refractivity contribution in [2.24, 2.45) is 5.73 Å². The summed E-state index contributed by atoms with van der Waals surface area (Å²) in [5.41, 5.74) is 6.02. The first-order chi connectivity index (χ1) is 6.81. The molecule has 14 heavy (non-hydrogen) atoms. The van der Waals surface area contributed by atoms with Crippen LogP contribution in [0, 0.1) is 0 Å². The number of nitrogens with one attached hydrogen (secondary N) is 1. The summed E-state index contributed by atoms with van der Waals surface area (Å²) in [6.45, 7) is 0.00240. The van der Waals surface area contributed by atoms with Gasteiger partial charge in [-0.1, -0.05) is 0 Å². The predicted molar refractivity (Wildman–Crippen MR) is 57.3 cm³/mol. The van der Waals surface area contributed by atoms with Crippen molar-refractivity contribution in [1.82, 2.24) is 4.98 Å². The highest BCUT2D eigenvalue weighted by Gasteiger charge is 2.05. The van der Waals surface area contributed by atoms with Crippen molar-refractivity contribution >= 4 is 33.0 Å². The van der Waals surface area contributed by atoms with E-state index in [2.05, 4.69) is 10.3 Å². The van der Waals surface area contributed by atoms with Crippen LogP contribution >= 0.6 is 11.3 Å². The lowest BCUT2D eigenvalue weighted by atomic mass is 10.3. The minimum Gasteiger partial charge on any atom is -0.324 e. The average molecular weight is 207 g/mol. The zero-order valence-corrected chi connectivity index (χ0v) is 8.17. The monoisotopic (exact) mass is 207 g/mol. The number of amides is 1. The fourth-order valence-electron chi connectivity index (χ4n) is 1.18. The summed E-state index contributed by atoms with van der Waals surface area (Å²) in [5, 5.41) is 5.63. The number of rotatable bonds is 2. The van der Waals surface area contributed by atoms with Gasteiger partial charge in [-0.25, -0.2) is 0 Å². The molecule has 5 heteroatoms. The van der Waals surface area contributed by atoms with Gasteiger partial charge in [0.15, 0.2) is 0 Å². The zero-order valence-electron chi connectivity index (χ0n) is 7.36. The van der Waals surface area contributed by atoms with Gasteiger partial charge in [-0.15, -0.1) is 11.3 Å². The van der Waals surface area contributed by atoms with E-state index in [4.69, 9.17) is 5.73 Å². The van der Waals surface area contributed by atoms with Gasteiger partial charge in [0, 0.05) is 23.2 Å². The molecule has 2 rings (SSSR count). The number of anilines is 1. The molecule has 0 atom stereocenters. The van der Waals surface area contributed by atoms with Gasteiger partial charge in [-0.2, -0.15) is 0 Å². The molecule has 0 saturated carbocycles. The Hall–Kier alpha value is -1.46. The normalized spacial score (nSPS) is 10.4. The summed E-state index contributed by atoms with van der Waals surface area (Å²) < 4.78 is 1.06. The van der Waals surface area contributed by atoms with Gasteiger partial charge in [0.1, 0.15) is 0 Å². The fourth-order valence-corrected chi connectivity index (χ4v) is 2.04. The molecule has 0 aliphatic rings. The molecule has 3 N–H and O–H groups in total. The van der Waals surface area contributed by atoms with Gasteiger partial charge in [0.25, 0.3) is 0 Å². The van der Waals surface area contributed by atoms with Crippen molar-refractivity contribution in [3.8, 4) is 0 Å². The van der Waals surface area contributed by atoms with Gasteiger partial charge in [0.05, 0.1) is 16.9 Å². The van der Waals surface area contributed by atoms with Crippen molar-refractivity contribution in [1.29, 1.82) is 0 Å². The number of nitrogens with zero attached hydrogens (tertiary/aromatic N) is 1. The molecule has 0 radical (unpaired) electrons. The van der Waals surface area contributed by atoms with E-state index in [-0.39, 0.29) is 12.5 Å². The largest absolute Gasteiger partial charge is 0.324 e. The third-order valence-corrected chi connectivity index (χ3v) is 2.77. The van der Waals surface area contributed by atoms with E-state index in [1.54, 1.807) is 23.7 Å². The number of hydrogen-bond donors (Lipinski definition) is 2. The minimum absolute atomic E-state index is 0.00240. The van der Waals surface area contributed by atoms with Crippen LogP contribution in [0.1, 0.15) is 0 Å². The Morgan fingerprint density at radius 3 is 3.29 bits per heavy atom. The molecular weight excluding hydrogens is 198 g/mol. The van der Waals surface area contributed by atoms with Gasteiger partial charge in [0.2, 0.25) is 5.91 Å². The van der Waals surface area contributed by atoms with Crippen molar-refractivity contribution in [3.63, 3.8) is 0 Å². The molecule has 0 bridgehead atoms. The van der Waals surface area contributed by atoms with Crippen LogP contribution < -0.4 is 11.1 Å². The molecule has 1 amide bonds. The Kier molecular flexibility index (Phi) is 2.43. The number of hydrogen-bond acceptors (Lipinski definition) is 4. The second-order valence-electron chi connectivity index (χ2n) is 2.77. The Balaban J connectivity index is 2.38. The van der Waals surface area contributed by atoms with Crippen LogP contribution in [0.25, 0.3) is 10.1 Å². The molecule has 2 aromatic rings. The van der Waals surface area contributed by atoms with Crippen LogP contribution in [0.15, 0.2) is 23.8 Å². The second-order valence-corrected chi connectivity index (χ2v) is 3.68. The molecule has 2 aromatic heterocycles. The van der Waals surface area contributed by atoms with Gasteiger partial charge in [-0.3, -0.25) is 9.78 Å². The number of nitrogens with two attached hydrogens (primary N) is 1. The van der Waals surface area contributed by atoms with Gasteiger partial charge < -0.3 is 11.1 Å². The second kappa shape index (κ2) is 3.73. The van der Waals surface area contributed by atoms with Crippen molar-refractivity contribution in [3.05, 3.63) is 23.8 Å². The first kappa shape index (κ1) is 9.11. The lowest BCUT2D eigenvalue weighted by Gasteiger charge is -2.00. The highest BCUT2D eigenvalue weighted by atomic mass is 32.1. The van der Waals surface area contributed by atoms with Crippen molar-refractivity contribution in [2.75, 3.05) is 11.9 Å². The molecule has 72 valence electrons. The Labute approximate surface area is 84.8 Å². The Bertz CT molecular complexity index is 466. The number of aromatic nitrogens is 1. The summed E-state index contributed by atoms with van der Waals surface area (Å²) in [4.78, 5) is 15.1.